The van der Waals surface area contributed by atoms with Crippen LogP contribution in [0.4, 0.5) is 0 Å². The van der Waals surface area contributed by atoms with E-state index in [0.29, 0.717) is 0 Å². The van der Waals surface area contributed by atoms with E-state index in [1.54, 1.807) is 0 Å². The second-order valence-corrected chi connectivity index (χ2v) is 3.55. The first kappa shape index (κ1) is 9.04. The highest BCUT2D eigenvalue weighted by atomic mass is 16.5. The standard InChI is InChI=1S/C14H10NO/c1-2-5-12-10-13(8-7-11(12)4-1)16-14-6-3-9-15-14/h1-9,15H. The Morgan fingerprint density at radius 1 is 0.938 bits per heavy atom. The molecule has 2 aromatic carbocycles. The average Bonchev–Trinajstić information content (AvgIpc) is 2.82. The molecular weight excluding hydrogens is 198 g/mol. The van der Waals surface area contributed by atoms with Crippen molar-refractivity contribution in [1.29, 1.82) is 0 Å². The van der Waals surface area contributed by atoms with E-state index in [-0.39, 0.29) is 0 Å². The number of nitrogens with one attached hydrogen (secondary N) is 1. The smallest absolute Gasteiger partial charge is 0.197 e. The first-order chi connectivity index (χ1) is 7.92. The minimum Gasteiger partial charge on any atom is -0.440 e. The van der Waals surface area contributed by atoms with Gasteiger partial charge in [0, 0.05) is 18.3 Å². The van der Waals surface area contributed by atoms with Crippen LogP contribution in [0.25, 0.3) is 10.8 Å². The summed E-state index contributed by atoms with van der Waals surface area (Å²) in [6, 6.07) is 19.0. The van der Waals surface area contributed by atoms with Crippen molar-refractivity contribution in [1.82, 2.24) is 4.98 Å². The fourth-order valence-corrected chi connectivity index (χ4v) is 1.65. The molecule has 0 saturated heterocycles. The Bertz CT molecular complexity index is 599. The van der Waals surface area contributed by atoms with E-state index in [1.807, 2.05) is 48.7 Å². The van der Waals surface area contributed by atoms with Gasteiger partial charge in [0.05, 0.1) is 0 Å². The molecule has 16 heavy (non-hydrogen) atoms. The first-order valence-electron chi connectivity index (χ1n) is 5.14. The molecule has 0 bridgehead atoms. The Morgan fingerprint density at radius 3 is 2.75 bits per heavy atom. The van der Waals surface area contributed by atoms with Gasteiger partial charge in [-0.15, -0.1) is 0 Å². The van der Waals surface area contributed by atoms with E-state index in [4.69, 9.17) is 4.74 Å². The number of hydrogen-bond acceptors (Lipinski definition) is 1. The molecule has 1 radical (unpaired) electrons. The highest BCUT2D eigenvalue weighted by Gasteiger charge is 1.99. The third-order valence-corrected chi connectivity index (χ3v) is 2.42. The van der Waals surface area contributed by atoms with Gasteiger partial charge < -0.3 is 9.72 Å². The van der Waals surface area contributed by atoms with Gasteiger partial charge in [-0.1, -0.05) is 30.3 Å². The highest BCUT2D eigenvalue weighted by Crippen LogP contribution is 2.23. The normalized spacial score (nSPS) is 10.5. The SMILES string of the molecule is [c]1c(Oc2ccc[nH]2)ccc2ccccc12. The van der Waals surface area contributed by atoms with Gasteiger partial charge in [-0.3, -0.25) is 0 Å². The highest BCUT2D eigenvalue weighted by molar-refractivity contribution is 5.83. The summed E-state index contributed by atoms with van der Waals surface area (Å²) in [5.41, 5.74) is 0. The summed E-state index contributed by atoms with van der Waals surface area (Å²) in [7, 11) is 0. The van der Waals surface area contributed by atoms with Gasteiger partial charge in [-0.05, 0) is 22.9 Å². The molecule has 0 aliphatic heterocycles. The average molecular weight is 208 g/mol. The van der Waals surface area contributed by atoms with Crippen molar-refractivity contribution in [2.45, 2.75) is 0 Å². The molecule has 1 N–H and O–H groups in total. The summed E-state index contributed by atoms with van der Waals surface area (Å²) < 4.78 is 5.62. The second-order valence-electron chi connectivity index (χ2n) is 3.55. The summed E-state index contributed by atoms with van der Waals surface area (Å²) >= 11 is 0. The van der Waals surface area contributed by atoms with Gasteiger partial charge in [0.2, 0.25) is 0 Å². The number of ether oxygens (including phenoxy) is 1. The van der Waals surface area contributed by atoms with Gasteiger partial charge in [0.25, 0.3) is 0 Å². The van der Waals surface area contributed by atoms with E-state index in [0.717, 1.165) is 17.0 Å². The molecule has 77 valence electrons. The maximum absolute atomic E-state index is 5.62. The third kappa shape index (κ3) is 1.65. The van der Waals surface area contributed by atoms with Crippen LogP contribution in [-0.2, 0) is 0 Å². The number of aromatic amines is 1. The zero-order valence-corrected chi connectivity index (χ0v) is 8.60. The van der Waals surface area contributed by atoms with Crippen molar-refractivity contribution < 1.29 is 4.74 Å². The first-order valence-corrected chi connectivity index (χ1v) is 5.14. The Morgan fingerprint density at radius 2 is 1.88 bits per heavy atom. The van der Waals surface area contributed by atoms with E-state index < -0.39 is 0 Å². The number of hydrogen-bond donors (Lipinski definition) is 1. The molecule has 0 aliphatic carbocycles. The molecule has 0 fully saturated rings. The lowest BCUT2D eigenvalue weighted by atomic mass is 10.1. The van der Waals surface area contributed by atoms with E-state index in [1.165, 1.54) is 5.39 Å². The van der Waals surface area contributed by atoms with Crippen molar-refractivity contribution in [2.24, 2.45) is 0 Å². The van der Waals surface area contributed by atoms with Gasteiger partial charge in [-0.25, -0.2) is 0 Å². The van der Waals surface area contributed by atoms with Crippen LogP contribution < -0.4 is 4.74 Å². The minimum absolute atomic E-state index is 0.723. The Hall–Kier alpha value is -2.22. The largest absolute Gasteiger partial charge is 0.440 e. The van der Waals surface area contributed by atoms with Crippen molar-refractivity contribution in [2.75, 3.05) is 0 Å². The monoisotopic (exact) mass is 208 g/mol. The van der Waals surface area contributed by atoms with Gasteiger partial charge in [-0.2, -0.15) is 0 Å². The molecule has 1 aromatic heterocycles. The predicted molar refractivity (Wildman–Crippen MR) is 63.7 cm³/mol. The topological polar surface area (TPSA) is 25.0 Å². The summed E-state index contributed by atoms with van der Waals surface area (Å²) in [6.07, 6.45) is 1.83. The van der Waals surface area contributed by atoms with Crippen LogP contribution in [-0.4, -0.2) is 4.98 Å². The molecular formula is C14H10NO. The van der Waals surface area contributed by atoms with Gasteiger partial charge >= 0.3 is 0 Å². The van der Waals surface area contributed by atoms with Crippen molar-refractivity contribution in [3.05, 3.63) is 60.8 Å². The molecule has 2 heteroatoms. The second kappa shape index (κ2) is 3.74. The quantitative estimate of drug-likeness (QED) is 0.681. The third-order valence-electron chi connectivity index (χ3n) is 2.42. The fraction of sp³-hybridized carbons (Fsp3) is 0. The van der Waals surface area contributed by atoms with E-state index in [9.17, 15) is 0 Å². The number of rotatable bonds is 2. The summed E-state index contributed by atoms with van der Waals surface area (Å²) in [5.74, 6) is 1.45. The maximum atomic E-state index is 5.62. The van der Waals surface area contributed by atoms with Crippen LogP contribution >= 0.6 is 0 Å². The van der Waals surface area contributed by atoms with Crippen LogP contribution in [0.2, 0.25) is 0 Å². The molecule has 0 saturated carbocycles. The maximum Gasteiger partial charge on any atom is 0.197 e. The van der Waals surface area contributed by atoms with Crippen LogP contribution in [0.1, 0.15) is 0 Å². The number of H-pyrrole nitrogens is 1. The van der Waals surface area contributed by atoms with Crippen LogP contribution in [0, 0.1) is 6.07 Å². The van der Waals surface area contributed by atoms with Gasteiger partial charge in [0.15, 0.2) is 5.88 Å². The zero-order valence-electron chi connectivity index (χ0n) is 8.60. The summed E-state index contributed by atoms with van der Waals surface area (Å²) in [4.78, 5) is 2.99. The predicted octanol–water partition coefficient (Wildman–Crippen LogP) is 3.76. The lowest BCUT2D eigenvalue weighted by Gasteiger charge is -2.03. The molecule has 3 rings (SSSR count). The van der Waals surface area contributed by atoms with Crippen LogP contribution in [0.15, 0.2) is 54.7 Å². The summed E-state index contributed by atoms with van der Waals surface area (Å²) in [5, 5.41) is 2.23. The zero-order chi connectivity index (χ0) is 10.8. The van der Waals surface area contributed by atoms with Crippen molar-refractivity contribution in [3.8, 4) is 11.6 Å². The fourth-order valence-electron chi connectivity index (χ4n) is 1.65. The molecule has 0 amide bonds. The van der Waals surface area contributed by atoms with E-state index >= 15 is 0 Å². The molecule has 2 nitrogen and oxygen atoms in total. The van der Waals surface area contributed by atoms with Crippen LogP contribution in [0.5, 0.6) is 11.6 Å². The molecule has 0 spiro atoms. The lowest BCUT2D eigenvalue weighted by molar-refractivity contribution is 0.466. The van der Waals surface area contributed by atoms with Crippen molar-refractivity contribution in [3.63, 3.8) is 0 Å². The number of aromatic nitrogens is 1. The van der Waals surface area contributed by atoms with E-state index in [2.05, 4.69) is 17.1 Å². The Balaban J connectivity index is 1.99. The molecule has 0 atom stereocenters. The molecule has 3 aromatic rings. The van der Waals surface area contributed by atoms with Crippen LogP contribution in [0.3, 0.4) is 0 Å². The molecule has 0 aliphatic rings. The Kier molecular flexibility index (Phi) is 2.11. The molecule has 1 heterocycles. The number of fused-ring (bicyclic) bond motifs is 1. The minimum atomic E-state index is 0.723. The molecule has 0 unspecified atom stereocenters. The van der Waals surface area contributed by atoms with Crippen molar-refractivity contribution >= 4 is 10.8 Å². The summed E-state index contributed by atoms with van der Waals surface area (Å²) in [6.45, 7) is 0. The number of benzene rings is 2. The van der Waals surface area contributed by atoms with Gasteiger partial charge in [0.1, 0.15) is 5.75 Å². The Labute approximate surface area is 93.5 Å². The lowest BCUT2D eigenvalue weighted by Crippen LogP contribution is -1.84.